The van der Waals surface area contributed by atoms with E-state index in [9.17, 15) is 19.0 Å². The Morgan fingerprint density at radius 1 is 0.617 bits per heavy atom. The Kier molecular flexibility index (Phi) is 33.7. The van der Waals surface area contributed by atoms with Gasteiger partial charge in [-0.15, -0.1) is 0 Å². The van der Waals surface area contributed by atoms with Crippen molar-refractivity contribution in [2.24, 2.45) is 5.73 Å². The van der Waals surface area contributed by atoms with Crippen LogP contribution in [-0.4, -0.2) is 49.3 Å². The molecular formula is C37H72NO8P. The molecule has 0 aromatic carbocycles. The summed E-state index contributed by atoms with van der Waals surface area (Å²) in [6.45, 7) is 3.69. The van der Waals surface area contributed by atoms with Crippen molar-refractivity contribution in [1.82, 2.24) is 0 Å². The number of nitrogens with two attached hydrogens (primary N) is 1. The highest BCUT2D eigenvalue weighted by atomic mass is 31.2. The van der Waals surface area contributed by atoms with Crippen LogP contribution in [0.1, 0.15) is 181 Å². The molecule has 0 radical (unpaired) electrons. The summed E-state index contributed by atoms with van der Waals surface area (Å²) >= 11 is 0. The first-order valence-electron chi connectivity index (χ1n) is 19.2. The minimum absolute atomic E-state index is 0.0556. The Bertz CT molecular complexity index is 794. The van der Waals surface area contributed by atoms with Gasteiger partial charge in [-0.05, 0) is 32.1 Å². The van der Waals surface area contributed by atoms with Gasteiger partial charge in [-0.25, -0.2) is 4.57 Å². The number of rotatable bonds is 36. The molecular weight excluding hydrogens is 617 g/mol. The van der Waals surface area contributed by atoms with Crippen LogP contribution >= 0.6 is 7.82 Å². The largest absolute Gasteiger partial charge is 0.472 e. The van der Waals surface area contributed by atoms with E-state index in [2.05, 4.69) is 26.0 Å². The van der Waals surface area contributed by atoms with Crippen LogP contribution in [0, 0.1) is 0 Å². The van der Waals surface area contributed by atoms with E-state index < -0.39 is 26.5 Å². The Labute approximate surface area is 288 Å². The van der Waals surface area contributed by atoms with Crippen LogP contribution < -0.4 is 5.73 Å². The lowest BCUT2D eigenvalue weighted by Gasteiger charge is -2.19. The third kappa shape index (κ3) is 34.4. The molecule has 278 valence electrons. The second-order valence-corrected chi connectivity index (χ2v) is 14.3. The molecule has 0 saturated carbocycles. The molecule has 0 bridgehead atoms. The smallest absolute Gasteiger partial charge is 0.462 e. The zero-order chi connectivity index (χ0) is 34.7. The summed E-state index contributed by atoms with van der Waals surface area (Å²) in [6.07, 6.45) is 32.4. The van der Waals surface area contributed by atoms with Crippen molar-refractivity contribution in [3.05, 3.63) is 12.2 Å². The van der Waals surface area contributed by atoms with Gasteiger partial charge in [0.25, 0.3) is 0 Å². The van der Waals surface area contributed by atoms with Crippen molar-refractivity contribution >= 4 is 19.8 Å². The third-order valence-corrected chi connectivity index (χ3v) is 9.14. The SMILES string of the molecule is CCCC/C=C/CCCCCCCCCCCC(=O)O[C@H](COC(=O)CCCCCCCCCCCCC)COP(=O)(O)OCCN. The first-order valence-corrected chi connectivity index (χ1v) is 20.7. The molecule has 0 aliphatic rings. The number of unbranched alkanes of at least 4 members (excludes halogenated alkanes) is 21. The average Bonchev–Trinajstić information content (AvgIpc) is 3.05. The number of phosphoric acid groups is 1. The Hall–Kier alpha value is -1.25. The van der Waals surface area contributed by atoms with Gasteiger partial charge in [0.15, 0.2) is 6.10 Å². The number of allylic oxidation sites excluding steroid dienone is 2. The van der Waals surface area contributed by atoms with Crippen molar-refractivity contribution in [2.75, 3.05) is 26.4 Å². The summed E-state index contributed by atoms with van der Waals surface area (Å²) in [7, 11) is -4.36. The van der Waals surface area contributed by atoms with Crippen molar-refractivity contribution in [2.45, 2.75) is 187 Å². The molecule has 9 nitrogen and oxygen atoms in total. The topological polar surface area (TPSA) is 134 Å². The Morgan fingerprint density at radius 2 is 1.06 bits per heavy atom. The van der Waals surface area contributed by atoms with Crippen LogP contribution in [0.5, 0.6) is 0 Å². The number of phosphoric ester groups is 1. The van der Waals surface area contributed by atoms with Crippen molar-refractivity contribution < 1.29 is 37.6 Å². The van der Waals surface area contributed by atoms with E-state index in [4.69, 9.17) is 24.3 Å². The molecule has 0 spiro atoms. The van der Waals surface area contributed by atoms with Gasteiger partial charge < -0.3 is 20.1 Å². The quantitative estimate of drug-likeness (QED) is 0.0285. The molecule has 0 heterocycles. The Morgan fingerprint density at radius 3 is 1.57 bits per heavy atom. The van der Waals surface area contributed by atoms with E-state index in [-0.39, 0.29) is 38.6 Å². The monoisotopic (exact) mass is 689 g/mol. The van der Waals surface area contributed by atoms with Crippen LogP contribution in [0.15, 0.2) is 12.2 Å². The summed E-state index contributed by atoms with van der Waals surface area (Å²) in [5, 5.41) is 0. The third-order valence-electron chi connectivity index (χ3n) is 8.15. The van der Waals surface area contributed by atoms with E-state index >= 15 is 0 Å². The summed E-state index contributed by atoms with van der Waals surface area (Å²) in [5.74, 6) is -0.827. The van der Waals surface area contributed by atoms with Crippen molar-refractivity contribution in [3.63, 3.8) is 0 Å². The second kappa shape index (κ2) is 34.6. The molecule has 1 unspecified atom stereocenters. The fraction of sp³-hybridized carbons (Fsp3) is 0.892. The first-order chi connectivity index (χ1) is 22.8. The minimum atomic E-state index is -4.36. The molecule has 0 aliphatic carbocycles. The summed E-state index contributed by atoms with van der Waals surface area (Å²) < 4.78 is 32.6. The number of hydrogen-bond donors (Lipinski definition) is 2. The number of carbonyl (C=O) groups is 2. The maximum atomic E-state index is 12.5. The molecule has 0 fully saturated rings. The van der Waals surface area contributed by atoms with Crippen molar-refractivity contribution in [1.29, 1.82) is 0 Å². The van der Waals surface area contributed by atoms with Gasteiger partial charge in [-0.1, -0.05) is 148 Å². The fourth-order valence-electron chi connectivity index (χ4n) is 5.26. The highest BCUT2D eigenvalue weighted by Gasteiger charge is 2.25. The minimum Gasteiger partial charge on any atom is -0.462 e. The fourth-order valence-corrected chi connectivity index (χ4v) is 6.03. The van der Waals surface area contributed by atoms with Crippen LogP contribution in [-0.2, 0) is 32.7 Å². The number of ether oxygens (including phenoxy) is 2. The molecule has 0 amide bonds. The highest BCUT2D eigenvalue weighted by Crippen LogP contribution is 2.43. The van der Waals surface area contributed by atoms with Gasteiger partial charge in [0.1, 0.15) is 6.61 Å². The summed E-state index contributed by atoms with van der Waals surface area (Å²) in [4.78, 5) is 34.7. The van der Waals surface area contributed by atoms with E-state index in [0.29, 0.717) is 6.42 Å². The molecule has 0 aromatic rings. The summed E-state index contributed by atoms with van der Waals surface area (Å²) in [5.41, 5.74) is 5.33. The van der Waals surface area contributed by atoms with Crippen molar-refractivity contribution in [3.8, 4) is 0 Å². The standard InChI is InChI=1S/C37H72NO8P/c1-3-5-7-9-11-13-15-16-17-18-20-22-24-26-28-30-37(40)46-35(34-45-47(41,42)44-32-31-38)33-43-36(39)29-27-25-23-21-19-14-12-10-8-6-4-2/h9,11,35H,3-8,10,12-34,38H2,1-2H3,(H,41,42)/b11-9+/t35-/m1/s1. The van der Waals surface area contributed by atoms with E-state index in [1.165, 1.54) is 109 Å². The molecule has 0 aliphatic heterocycles. The molecule has 0 saturated heterocycles. The van der Waals surface area contributed by atoms with Crippen LogP contribution in [0.3, 0.4) is 0 Å². The lowest BCUT2D eigenvalue weighted by atomic mass is 10.1. The molecule has 2 atom stereocenters. The maximum Gasteiger partial charge on any atom is 0.472 e. The van der Waals surface area contributed by atoms with Crippen LogP contribution in [0.2, 0.25) is 0 Å². The van der Waals surface area contributed by atoms with Gasteiger partial charge >= 0.3 is 19.8 Å². The number of hydrogen-bond acceptors (Lipinski definition) is 8. The number of carbonyl (C=O) groups excluding carboxylic acids is 2. The van der Waals surface area contributed by atoms with Crippen LogP contribution in [0.4, 0.5) is 0 Å². The van der Waals surface area contributed by atoms with Gasteiger partial charge in [-0.3, -0.25) is 18.6 Å². The molecule has 3 N–H and O–H groups in total. The summed E-state index contributed by atoms with van der Waals surface area (Å²) in [6, 6.07) is 0. The van der Waals surface area contributed by atoms with Crippen LogP contribution in [0.25, 0.3) is 0 Å². The van der Waals surface area contributed by atoms with Gasteiger partial charge in [0, 0.05) is 19.4 Å². The van der Waals surface area contributed by atoms with E-state index in [1.54, 1.807) is 0 Å². The van der Waals surface area contributed by atoms with E-state index in [0.717, 1.165) is 38.5 Å². The molecule has 0 aromatic heterocycles. The molecule has 0 rings (SSSR count). The molecule has 47 heavy (non-hydrogen) atoms. The maximum absolute atomic E-state index is 12.5. The lowest BCUT2D eigenvalue weighted by molar-refractivity contribution is -0.161. The van der Waals surface area contributed by atoms with Gasteiger partial charge in [0.2, 0.25) is 0 Å². The average molecular weight is 690 g/mol. The second-order valence-electron chi connectivity index (χ2n) is 12.8. The number of esters is 2. The van der Waals surface area contributed by atoms with Gasteiger partial charge in [-0.2, -0.15) is 0 Å². The lowest BCUT2D eigenvalue weighted by Crippen LogP contribution is -2.29. The van der Waals surface area contributed by atoms with Gasteiger partial charge in [0.05, 0.1) is 13.2 Å². The molecule has 10 heteroatoms. The first kappa shape index (κ1) is 45.8. The zero-order valence-electron chi connectivity index (χ0n) is 30.3. The zero-order valence-corrected chi connectivity index (χ0v) is 31.2. The Balaban J connectivity index is 4.19. The normalized spacial score (nSPS) is 13.5. The predicted octanol–water partition coefficient (Wildman–Crippen LogP) is 10.3. The predicted molar refractivity (Wildman–Crippen MR) is 192 cm³/mol. The highest BCUT2D eigenvalue weighted by molar-refractivity contribution is 7.47. The van der Waals surface area contributed by atoms with E-state index in [1.807, 2.05) is 0 Å².